The van der Waals surface area contributed by atoms with Gasteiger partial charge >= 0.3 is 5.97 Å². The molecule has 4 heteroatoms. The van der Waals surface area contributed by atoms with Crippen LogP contribution in [-0.2, 0) is 4.79 Å². The first-order chi connectivity index (χ1) is 8.08. The molecule has 0 saturated heterocycles. The normalized spacial score (nSPS) is 12.4. The monoisotopic (exact) mass is 236 g/mol. The van der Waals surface area contributed by atoms with Gasteiger partial charge < -0.3 is 14.6 Å². The van der Waals surface area contributed by atoms with Crippen LogP contribution < -0.4 is 9.47 Å². The summed E-state index contributed by atoms with van der Waals surface area (Å²) in [7, 11) is 1.52. The molecule has 0 amide bonds. The highest BCUT2D eigenvalue weighted by atomic mass is 16.5. The van der Waals surface area contributed by atoms with E-state index < -0.39 is 12.1 Å². The van der Waals surface area contributed by atoms with E-state index in [9.17, 15) is 4.79 Å². The summed E-state index contributed by atoms with van der Waals surface area (Å²) in [5, 5.41) is 8.77. The van der Waals surface area contributed by atoms with E-state index in [1.54, 1.807) is 12.1 Å². The largest absolute Gasteiger partial charge is 0.493 e. The minimum absolute atomic E-state index is 0.427. The van der Waals surface area contributed by atoms with Crippen molar-refractivity contribution in [2.24, 2.45) is 0 Å². The summed E-state index contributed by atoms with van der Waals surface area (Å²) in [4.78, 5) is 10.7. The summed E-state index contributed by atoms with van der Waals surface area (Å²) in [6, 6.07) is 5.34. The Morgan fingerprint density at radius 1 is 1.41 bits per heavy atom. The van der Waals surface area contributed by atoms with Crippen LogP contribution in [0.3, 0.4) is 0 Å². The van der Waals surface area contributed by atoms with Gasteiger partial charge in [-0.25, -0.2) is 4.79 Å². The average molecular weight is 236 g/mol. The number of hydrogen-bond donors (Lipinski definition) is 1. The fraction of sp³-hybridized carbons (Fsp3) is 0.308. The molecule has 0 fully saturated rings. The topological polar surface area (TPSA) is 55.8 Å². The number of carboxylic acid groups (broad SMARTS) is 1. The van der Waals surface area contributed by atoms with Crippen molar-refractivity contribution in [3.8, 4) is 11.5 Å². The Morgan fingerprint density at radius 2 is 2.12 bits per heavy atom. The van der Waals surface area contributed by atoms with Gasteiger partial charge in [-0.15, -0.1) is 0 Å². The number of rotatable bonds is 5. The number of benzene rings is 1. The van der Waals surface area contributed by atoms with E-state index in [1.165, 1.54) is 14.0 Å². The number of ether oxygens (including phenoxy) is 2. The molecule has 0 heterocycles. The van der Waals surface area contributed by atoms with Gasteiger partial charge in [-0.05, 0) is 31.5 Å². The van der Waals surface area contributed by atoms with Gasteiger partial charge in [0.2, 0.25) is 0 Å². The van der Waals surface area contributed by atoms with Crippen molar-refractivity contribution >= 4 is 12.0 Å². The maximum atomic E-state index is 10.7. The van der Waals surface area contributed by atoms with Crippen molar-refractivity contribution in [3.63, 3.8) is 0 Å². The molecule has 0 aliphatic heterocycles. The summed E-state index contributed by atoms with van der Waals surface area (Å²) in [5.41, 5.74) is 0.972. The van der Waals surface area contributed by atoms with Crippen LogP contribution in [0, 0.1) is 0 Å². The van der Waals surface area contributed by atoms with Crippen LogP contribution in [0.25, 0.3) is 6.08 Å². The smallest absolute Gasteiger partial charge is 0.344 e. The number of methoxy groups -OCH3 is 1. The predicted octanol–water partition coefficient (Wildman–Crippen LogP) is 2.58. The molecule has 1 unspecified atom stereocenters. The molecule has 1 rings (SSSR count). The third-order valence-electron chi connectivity index (χ3n) is 2.20. The number of hydrogen-bond acceptors (Lipinski definition) is 3. The van der Waals surface area contributed by atoms with Gasteiger partial charge in [0, 0.05) is 0 Å². The third kappa shape index (κ3) is 3.52. The average Bonchev–Trinajstić information content (AvgIpc) is 2.31. The first kappa shape index (κ1) is 13.1. The second kappa shape index (κ2) is 5.94. The van der Waals surface area contributed by atoms with Gasteiger partial charge in [0.1, 0.15) is 0 Å². The lowest BCUT2D eigenvalue weighted by molar-refractivity contribution is -0.144. The lowest BCUT2D eigenvalue weighted by Gasteiger charge is -2.14. The van der Waals surface area contributed by atoms with Gasteiger partial charge in [-0.3, -0.25) is 0 Å². The van der Waals surface area contributed by atoms with Crippen LogP contribution in [0.4, 0.5) is 0 Å². The fourth-order valence-electron chi connectivity index (χ4n) is 1.32. The zero-order valence-electron chi connectivity index (χ0n) is 10.1. The zero-order valence-corrected chi connectivity index (χ0v) is 10.1. The highest BCUT2D eigenvalue weighted by Crippen LogP contribution is 2.29. The summed E-state index contributed by atoms with van der Waals surface area (Å²) >= 11 is 0. The van der Waals surface area contributed by atoms with Gasteiger partial charge in [-0.2, -0.15) is 0 Å². The Labute approximate surface area is 100 Å². The second-order valence-corrected chi connectivity index (χ2v) is 3.51. The molecule has 0 spiro atoms. The zero-order chi connectivity index (χ0) is 12.8. The first-order valence-electron chi connectivity index (χ1n) is 5.28. The minimum Gasteiger partial charge on any atom is -0.493 e. The molecule has 17 heavy (non-hydrogen) atoms. The highest BCUT2D eigenvalue weighted by molar-refractivity contribution is 5.72. The van der Waals surface area contributed by atoms with Crippen molar-refractivity contribution < 1.29 is 19.4 Å². The maximum Gasteiger partial charge on any atom is 0.344 e. The molecule has 92 valence electrons. The number of carboxylic acids is 1. The molecule has 1 aromatic carbocycles. The standard InChI is InChI=1S/C13H16O4/c1-4-5-10-6-7-11(12(8-10)16-3)17-9(2)13(14)15/h4-9H,1-3H3,(H,14,15)/b5-4+. The fourth-order valence-corrected chi connectivity index (χ4v) is 1.32. The second-order valence-electron chi connectivity index (χ2n) is 3.51. The first-order valence-corrected chi connectivity index (χ1v) is 5.28. The van der Waals surface area contributed by atoms with Crippen molar-refractivity contribution in [2.45, 2.75) is 20.0 Å². The molecule has 0 saturated carbocycles. The highest BCUT2D eigenvalue weighted by Gasteiger charge is 2.15. The molecule has 1 atom stereocenters. The van der Waals surface area contributed by atoms with Crippen LogP contribution >= 0.6 is 0 Å². The van der Waals surface area contributed by atoms with Crippen molar-refractivity contribution in [2.75, 3.05) is 7.11 Å². The summed E-state index contributed by atoms with van der Waals surface area (Å²) in [6.07, 6.45) is 2.93. The van der Waals surface area contributed by atoms with Crippen LogP contribution in [0.2, 0.25) is 0 Å². The summed E-state index contributed by atoms with van der Waals surface area (Å²) in [5.74, 6) is -0.0612. The van der Waals surface area contributed by atoms with E-state index in [0.717, 1.165) is 5.56 Å². The molecule has 1 N–H and O–H groups in total. The third-order valence-corrected chi connectivity index (χ3v) is 2.20. The lowest BCUT2D eigenvalue weighted by atomic mass is 10.2. The van der Waals surface area contributed by atoms with Crippen LogP contribution in [0.5, 0.6) is 11.5 Å². The molecule has 1 aromatic rings. The molecular formula is C13H16O4. The van der Waals surface area contributed by atoms with E-state index in [1.807, 2.05) is 25.1 Å². The van der Waals surface area contributed by atoms with Crippen molar-refractivity contribution in [1.29, 1.82) is 0 Å². The van der Waals surface area contributed by atoms with Gasteiger partial charge in [0.25, 0.3) is 0 Å². The van der Waals surface area contributed by atoms with E-state index in [-0.39, 0.29) is 0 Å². The van der Waals surface area contributed by atoms with Crippen molar-refractivity contribution in [3.05, 3.63) is 29.8 Å². The Balaban J connectivity index is 2.96. The van der Waals surface area contributed by atoms with Gasteiger partial charge in [0.05, 0.1) is 7.11 Å². The Bertz CT molecular complexity index is 423. The summed E-state index contributed by atoms with van der Waals surface area (Å²) in [6.45, 7) is 3.39. The molecule has 0 bridgehead atoms. The van der Waals surface area contributed by atoms with Crippen LogP contribution in [0.1, 0.15) is 19.4 Å². The lowest BCUT2D eigenvalue weighted by Crippen LogP contribution is -2.23. The Hall–Kier alpha value is -1.97. The molecule has 4 nitrogen and oxygen atoms in total. The van der Waals surface area contributed by atoms with E-state index in [2.05, 4.69) is 0 Å². The Kier molecular flexibility index (Phi) is 4.57. The molecular weight excluding hydrogens is 220 g/mol. The molecule has 0 aliphatic carbocycles. The summed E-state index contributed by atoms with van der Waals surface area (Å²) < 4.78 is 10.4. The van der Waals surface area contributed by atoms with Gasteiger partial charge in [0.15, 0.2) is 17.6 Å². The number of carbonyl (C=O) groups is 1. The molecule has 0 aromatic heterocycles. The van der Waals surface area contributed by atoms with E-state index >= 15 is 0 Å². The SMILES string of the molecule is C/C=C/c1ccc(OC(C)C(=O)O)c(OC)c1. The number of aliphatic carboxylic acids is 1. The minimum atomic E-state index is -1.01. The van der Waals surface area contributed by atoms with Gasteiger partial charge in [-0.1, -0.05) is 18.2 Å². The molecule has 0 aliphatic rings. The predicted molar refractivity (Wildman–Crippen MR) is 65.4 cm³/mol. The molecule has 0 radical (unpaired) electrons. The number of allylic oxidation sites excluding steroid dienone is 1. The van der Waals surface area contributed by atoms with Crippen LogP contribution in [0.15, 0.2) is 24.3 Å². The Morgan fingerprint density at radius 3 is 2.65 bits per heavy atom. The van der Waals surface area contributed by atoms with Crippen molar-refractivity contribution in [1.82, 2.24) is 0 Å². The maximum absolute atomic E-state index is 10.7. The van der Waals surface area contributed by atoms with E-state index in [0.29, 0.717) is 11.5 Å². The quantitative estimate of drug-likeness (QED) is 0.853. The van der Waals surface area contributed by atoms with Crippen LogP contribution in [-0.4, -0.2) is 24.3 Å². The van der Waals surface area contributed by atoms with E-state index in [4.69, 9.17) is 14.6 Å².